The van der Waals surface area contributed by atoms with Gasteiger partial charge in [-0.05, 0) is 73.7 Å². The van der Waals surface area contributed by atoms with Crippen molar-refractivity contribution in [3.05, 3.63) is 70.6 Å². The predicted octanol–water partition coefficient (Wildman–Crippen LogP) is 4.89. The molecule has 4 atom stereocenters. The summed E-state index contributed by atoms with van der Waals surface area (Å²) in [6.07, 6.45) is 3.89. The van der Waals surface area contributed by atoms with E-state index in [1.807, 2.05) is 19.1 Å². The Morgan fingerprint density at radius 3 is 2.40 bits per heavy atom. The highest BCUT2D eigenvalue weighted by Gasteiger charge is 2.53. The number of aromatic nitrogens is 3. The fourth-order valence-corrected chi connectivity index (χ4v) is 11.5. The molecule has 8 rings (SSSR count). The number of halogens is 2. The summed E-state index contributed by atoms with van der Waals surface area (Å²) in [5.41, 5.74) is 7.44. The Bertz CT molecular complexity index is 2840. The van der Waals surface area contributed by atoms with Crippen LogP contribution in [0.4, 0.5) is 15.9 Å². The van der Waals surface area contributed by atoms with Crippen LogP contribution in [-0.2, 0) is 35.3 Å². The Hall–Kier alpha value is -5.98. The number of hydrogen-bond acceptors (Lipinski definition) is 16. The number of nitrogens with one attached hydrogen (secondary N) is 3. The van der Waals surface area contributed by atoms with Gasteiger partial charge in [0, 0.05) is 69.2 Å². The van der Waals surface area contributed by atoms with Crippen molar-refractivity contribution >= 4 is 81.7 Å². The van der Waals surface area contributed by atoms with Gasteiger partial charge < -0.3 is 51.3 Å². The third-order valence-electron chi connectivity index (χ3n) is 14.8. The molecule has 77 heavy (non-hydrogen) atoms. The number of benzene rings is 2. The number of aryl methyl sites for hydroxylation is 1. The van der Waals surface area contributed by atoms with E-state index in [9.17, 15) is 43.4 Å². The lowest BCUT2D eigenvalue weighted by molar-refractivity contribution is -0.149. The van der Waals surface area contributed by atoms with Crippen LogP contribution in [0.2, 0.25) is 5.02 Å². The first-order chi connectivity index (χ1) is 36.5. The van der Waals surface area contributed by atoms with Crippen LogP contribution in [0.15, 0.2) is 64.2 Å². The number of aliphatic hydroxyl groups is 1. The fourth-order valence-electron chi connectivity index (χ4n) is 9.64. The maximum atomic E-state index is 14.7. The number of alkyl halides is 1. The quantitative estimate of drug-likeness (QED) is 0.0683. The number of aliphatic hydroxyl groups excluding tert-OH is 1. The van der Waals surface area contributed by atoms with Crippen LogP contribution in [0.25, 0.3) is 10.4 Å². The van der Waals surface area contributed by atoms with E-state index in [-0.39, 0.29) is 75.6 Å². The Kier molecular flexibility index (Phi) is 17.8. The van der Waals surface area contributed by atoms with Crippen molar-refractivity contribution in [3.63, 3.8) is 0 Å². The van der Waals surface area contributed by atoms with Gasteiger partial charge in [-0.15, -0.1) is 11.3 Å². The monoisotopic (exact) mass is 1120 g/mol. The van der Waals surface area contributed by atoms with Crippen LogP contribution in [0.5, 0.6) is 5.75 Å². The Morgan fingerprint density at radius 1 is 1.00 bits per heavy atom. The molecule has 5 heterocycles. The minimum absolute atomic E-state index is 0.0210. The molecule has 2 aromatic heterocycles. The van der Waals surface area contributed by atoms with Crippen LogP contribution in [0, 0.1) is 17.8 Å². The zero-order valence-corrected chi connectivity index (χ0v) is 46.2. The van der Waals surface area contributed by atoms with Crippen molar-refractivity contribution < 1.29 is 48.1 Å². The molecule has 0 bridgehead atoms. The molecular formula is C53H67ClFN11O9S2. The number of piperidine rings is 1. The minimum atomic E-state index is -2.02. The lowest BCUT2D eigenvalue weighted by atomic mass is 9.80. The van der Waals surface area contributed by atoms with Crippen LogP contribution >= 0.6 is 34.7 Å². The number of amides is 5. The molecule has 3 aliphatic heterocycles. The Morgan fingerprint density at radius 2 is 1.75 bits per heavy atom. The number of carboxylic acid groups (broad SMARTS) is 1. The molecule has 1 saturated carbocycles. The van der Waals surface area contributed by atoms with E-state index < -0.39 is 77.2 Å². The largest absolute Gasteiger partial charge is 0.492 e. The summed E-state index contributed by atoms with van der Waals surface area (Å²) in [7, 11) is 0. The number of aliphatic carboxylic acids is 1. The molecule has 7 N–H and O–H groups in total. The highest BCUT2D eigenvalue weighted by Crippen LogP contribution is 2.41. The third kappa shape index (κ3) is 13.8. The summed E-state index contributed by atoms with van der Waals surface area (Å²) >= 11 is 9.48. The lowest BCUT2D eigenvalue weighted by Gasteiger charge is -2.39. The summed E-state index contributed by atoms with van der Waals surface area (Å²) in [5, 5.41) is 30.1. The number of carboxylic acids is 1. The molecule has 1 aliphatic carbocycles. The molecule has 5 amide bonds. The first kappa shape index (κ1) is 57.2. The fraction of sp³-hybridized carbons (Fsp3) is 0.528. The molecule has 4 aromatic rings. The predicted molar refractivity (Wildman–Crippen MR) is 289 cm³/mol. The van der Waals surface area contributed by atoms with E-state index in [1.54, 1.807) is 67.8 Å². The molecule has 4 aliphatic rings. The summed E-state index contributed by atoms with van der Waals surface area (Å²) in [6.45, 7) is 11.7. The van der Waals surface area contributed by atoms with Crippen molar-refractivity contribution in [2.75, 3.05) is 69.2 Å². The van der Waals surface area contributed by atoms with E-state index in [1.165, 1.54) is 32.9 Å². The third-order valence-corrected chi connectivity index (χ3v) is 17.3. The number of thiazole rings is 1. The summed E-state index contributed by atoms with van der Waals surface area (Å²) < 4.78 is 21.1. The van der Waals surface area contributed by atoms with E-state index >= 15 is 0 Å². The van der Waals surface area contributed by atoms with Gasteiger partial charge in [0.1, 0.15) is 47.7 Å². The Balaban J connectivity index is 0.854. The standard InChI is InChI=1S/C53H67ClFN11O9S2/c1-31-45(76-30-60-31)32-9-10-33(24-59-47(70)36-22-34(67)27-66(36)48(71)46(51(2,3)4)62-50(74)53(55)11-12-53)38(21-32)75-20-19-63-17-18-65(28-37(63)49(72)73)43(69)23-41(68)61-35-7-6-8-39(44(35)54)77-42-26-57-40(25-58-42)64-15-13-52(5,29-56)14-16-64/h6-10,21,25-26,30,34,36-37,46,67H,11-20,22-24,27-29,56H2,1-5H3,(H,59,70)(H,61,68)(H,62,74)(H,72,73)/t34-,36+,37-,46-/m1/s1. The van der Waals surface area contributed by atoms with Crippen molar-refractivity contribution in [1.82, 2.24) is 40.3 Å². The maximum absolute atomic E-state index is 14.7. The van der Waals surface area contributed by atoms with Crippen LogP contribution in [-0.4, -0.2) is 164 Å². The van der Waals surface area contributed by atoms with Crippen molar-refractivity contribution in [1.29, 1.82) is 0 Å². The van der Waals surface area contributed by atoms with Gasteiger partial charge in [0.25, 0.3) is 5.91 Å². The number of β-amino-alcohol motifs (C(OH)–C–C–N with tert-alkyl or cyclic N) is 1. The zero-order valence-electron chi connectivity index (χ0n) is 43.9. The maximum Gasteiger partial charge on any atom is 0.322 e. The van der Waals surface area contributed by atoms with Crippen LogP contribution < -0.4 is 31.3 Å². The van der Waals surface area contributed by atoms with Gasteiger partial charge in [0.05, 0.1) is 45.3 Å². The topological polar surface area (TPSA) is 266 Å². The van der Waals surface area contributed by atoms with Gasteiger partial charge in [-0.3, -0.25) is 33.7 Å². The van der Waals surface area contributed by atoms with E-state index in [2.05, 4.69) is 42.7 Å². The number of carbonyl (C=O) groups is 6. The molecular weight excluding hydrogens is 1050 g/mol. The Labute approximate surface area is 460 Å². The van der Waals surface area contributed by atoms with Crippen molar-refractivity contribution in [2.45, 2.75) is 120 Å². The molecule has 414 valence electrons. The summed E-state index contributed by atoms with van der Waals surface area (Å²) in [4.78, 5) is 102. The summed E-state index contributed by atoms with van der Waals surface area (Å²) in [6, 6.07) is 7.26. The minimum Gasteiger partial charge on any atom is -0.492 e. The van der Waals surface area contributed by atoms with Crippen LogP contribution in [0.1, 0.15) is 77.5 Å². The molecule has 0 radical (unpaired) electrons. The molecule has 20 nitrogen and oxygen atoms in total. The molecule has 24 heteroatoms. The SMILES string of the molecule is Cc1ncsc1-c1ccc(CNC(=O)[C@@H]2C[C@@H](O)CN2C(=O)[C@@H](NC(=O)C2(F)CC2)C(C)(C)C)c(OCCN2CCN(C(=O)CC(=O)Nc3cccc(Sc4cnc(N5CCC(C)(CN)CC5)cn4)c3Cl)C[C@@H]2C(=O)O)c1. The normalized spacial score (nSPS) is 20.5. The number of ether oxygens (including phenoxy) is 1. The molecule has 3 saturated heterocycles. The number of rotatable bonds is 19. The van der Waals surface area contributed by atoms with Gasteiger partial charge in [-0.2, -0.15) is 0 Å². The zero-order chi connectivity index (χ0) is 55.4. The number of carbonyl (C=O) groups excluding carboxylic acids is 5. The lowest BCUT2D eigenvalue weighted by Crippen LogP contribution is -2.59. The number of nitrogens with two attached hydrogens (primary N) is 1. The highest BCUT2D eigenvalue weighted by molar-refractivity contribution is 7.99. The average molecular weight is 1120 g/mol. The van der Waals surface area contributed by atoms with Gasteiger partial charge in [0.2, 0.25) is 23.6 Å². The smallest absolute Gasteiger partial charge is 0.322 e. The molecule has 0 unspecified atom stereocenters. The van der Waals surface area contributed by atoms with E-state index in [0.29, 0.717) is 33.5 Å². The number of hydrogen-bond donors (Lipinski definition) is 6. The number of likely N-dealkylation sites (tertiary alicyclic amines) is 1. The summed E-state index contributed by atoms with van der Waals surface area (Å²) in [5.74, 6) is -3.17. The van der Waals surface area contributed by atoms with Crippen molar-refractivity contribution in [3.8, 4) is 16.2 Å². The number of anilines is 2. The number of piperazine rings is 1. The first-order valence-corrected chi connectivity index (χ1v) is 27.8. The second kappa shape index (κ2) is 23.9. The second-order valence-corrected chi connectivity index (χ2v) is 24.0. The second-order valence-electron chi connectivity index (χ2n) is 21.7. The van der Waals surface area contributed by atoms with Gasteiger partial charge in [-0.25, -0.2) is 19.3 Å². The molecule has 4 fully saturated rings. The van der Waals surface area contributed by atoms with Gasteiger partial charge >= 0.3 is 5.97 Å². The first-order valence-electron chi connectivity index (χ1n) is 25.7. The highest BCUT2D eigenvalue weighted by atomic mass is 35.5. The van der Waals surface area contributed by atoms with Gasteiger partial charge in [-0.1, -0.05) is 69.3 Å². The van der Waals surface area contributed by atoms with Crippen molar-refractivity contribution in [2.24, 2.45) is 16.6 Å². The van der Waals surface area contributed by atoms with E-state index in [0.717, 1.165) is 47.9 Å². The molecule has 2 aromatic carbocycles. The average Bonchev–Trinajstić information content (AvgIpc) is 3.84. The van der Waals surface area contributed by atoms with Crippen LogP contribution in [0.3, 0.4) is 0 Å². The van der Waals surface area contributed by atoms with E-state index in [4.69, 9.17) is 22.1 Å². The number of nitrogens with zero attached hydrogens (tertiary/aromatic N) is 7. The van der Waals surface area contributed by atoms with Gasteiger partial charge in [0.15, 0.2) is 5.67 Å². The molecule has 0 spiro atoms.